The van der Waals surface area contributed by atoms with Gasteiger partial charge in [0.1, 0.15) is 5.75 Å². The SMILES string of the molecule is O=C(Cl)Oc1cccc(Cl)c1. The van der Waals surface area contributed by atoms with Crippen LogP contribution in [0.2, 0.25) is 5.02 Å². The smallest absolute Gasteiger partial charge is 0.409 e. The predicted molar refractivity (Wildman–Crippen MR) is 43.3 cm³/mol. The Morgan fingerprint density at radius 3 is 2.73 bits per heavy atom. The maximum atomic E-state index is 10.2. The van der Waals surface area contributed by atoms with Crippen molar-refractivity contribution in [1.29, 1.82) is 0 Å². The molecule has 0 saturated carbocycles. The molecule has 0 aromatic heterocycles. The van der Waals surface area contributed by atoms with Crippen LogP contribution in [0.25, 0.3) is 0 Å². The van der Waals surface area contributed by atoms with Crippen LogP contribution in [0.5, 0.6) is 5.75 Å². The van der Waals surface area contributed by atoms with Crippen molar-refractivity contribution in [1.82, 2.24) is 0 Å². The van der Waals surface area contributed by atoms with Crippen molar-refractivity contribution in [3.63, 3.8) is 0 Å². The Balaban J connectivity index is 2.79. The zero-order valence-corrected chi connectivity index (χ0v) is 6.89. The van der Waals surface area contributed by atoms with Crippen molar-refractivity contribution in [3.8, 4) is 5.75 Å². The topological polar surface area (TPSA) is 26.3 Å². The van der Waals surface area contributed by atoms with Crippen LogP contribution < -0.4 is 4.74 Å². The summed E-state index contributed by atoms with van der Waals surface area (Å²) in [4.78, 5) is 10.2. The van der Waals surface area contributed by atoms with Crippen LogP contribution >= 0.6 is 23.2 Å². The second-order valence-corrected chi connectivity index (χ2v) is 2.54. The molecule has 0 fully saturated rings. The highest BCUT2D eigenvalue weighted by molar-refractivity contribution is 6.61. The Morgan fingerprint density at radius 1 is 1.45 bits per heavy atom. The summed E-state index contributed by atoms with van der Waals surface area (Å²) >= 11 is 10.6. The average Bonchev–Trinajstić information content (AvgIpc) is 1.85. The second kappa shape index (κ2) is 3.60. The van der Waals surface area contributed by atoms with E-state index in [1.807, 2.05) is 0 Å². The van der Waals surface area contributed by atoms with E-state index in [1.165, 1.54) is 6.07 Å². The number of benzene rings is 1. The molecule has 0 amide bonds. The summed E-state index contributed by atoms with van der Waals surface area (Å²) < 4.78 is 4.54. The lowest BCUT2D eigenvalue weighted by molar-refractivity contribution is 0.225. The van der Waals surface area contributed by atoms with Gasteiger partial charge in [-0.1, -0.05) is 17.7 Å². The van der Waals surface area contributed by atoms with Gasteiger partial charge >= 0.3 is 5.43 Å². The van der Waals surface area contributed by atoms with Crippen LogP contribution in [-0.4, -0.2) is 5.43 Å². The van der Waals surface area contributed by atoms with Gasteiger partial charge in [-0.25, -0.2) is 4.79 Å². The lowest BCUT2D eigenvalue weighted by Gasteiger charge is -1.97. The van der Waals surface area contributed by atoms with E-state index in [4.69, 9.17) is 23.2 Å². The van der Waals surface area contributed by atoms with Gasteiger partial charge in [-0.15, -0.1) is 0 Å². The van der Waals surface area contributed by atoms with E-state index >= 15 is 0 Å². The molecule has 0 heterocycles. The van der Waals surface area contributed by atoms with Crippen molar-refractivity contribution in [2.75, 3.05) is 0 Å². The van der Waals surface area contributed by atoms with Crippen molar-refractivity contribution in [2.24, 2.45) is 0 Å². The zero-order valence-electron chi connectivity index (χ0n) is 5.38. The molecule has 0 bridgehead atoms. The summed E-state index contributed by atoms with van der Waals surface area (Å²) in [6.07, 6.45) is 0. The summed E-state index contributed by atoms with van der Waals surface area (Å²) in [5.41, 5.74) is -0.868. The van der Waals surface area contributed by atoms with Gasteiger partial charge in [0.25, 0.3) is 0 Å². The molecule has 0 spiro atoms. The molecule has 0 aliphatic carbocycles. The fraction of sp³-hybridized carbons (Fsp3) is 0. The third-order valence-electron chi connectivity index (χ3n) is 0.994. The highest BCUT2D eigenvalue weighted by Gasteiger charge is 1.98. The fourth-order valence-electron chi connectivity index (χ4n) is 0.623. The number of carbonyl (C=O) groups is 1. The van der Waals surface area contributed by atoms with Crippen molar-refractivity contribution in [2.45, 2.75) is 0 Å². The molecule has 0 unspecified atom stereocenters. The van der Waals surface area contributed by atoms with Crippen molar-refractivity contribution < 1.29 is 9.53 Å². The number of ether oxygens (including phenoxy) is 1. The molecule has 2 nitrogen and oxygen atoms in total. The Labute approximate surface area is 73.7 Å². The second-order valence-electron chi connectivity index (χ2n) is 1.80. The molecule has 0 N–H and O–H groups in total. The van der Waals surface area contributed by atoms with Crippen LogP contribution in [-0.2, 0) is 0 Å². The average molecular weight is 191 g/mol. The highest BCUT2D eigenvalue weighted by Crippen LogP contribution is 2.17. The number of halogens is 2. The van der Waals surface area contributed by atoms with Gasteiger partial charge in [-0.3, -0.25) is 0 Å². The van der Waals surface area contributed by atoms with Crippen LogP contribution in [0.1, 0.15) is 0 Å². The quantitative estimate of drug-likeness (QED) is 0.637. The van der Waals surface area contributed by atoms with E-state index in [9.17, 15) is 4.79 Å². The third-order valence-corrected chi connectivity index (χ3v) is 1.31. The Bertz CT molecular complexity index is 273. The third kappa shape index (κ3) is 2.78. The molecule has 11 heavy (non-hydrogen) atoms. The molecule has 1 rings (SSSR count). The molecule has 0 saturated heterocycles. The molecule has 1 aromatic rings. The van der Waals surface area contributed by atoms with Gasteiger partial charge in [0.2, 0.25) is 0 Å². The van der Waals surface area contributed by atoms with Gasteiger partial charge in [0.15, 0.2) is 0 Å². The van der Waals surface area contributed by atoms with Crippen LogP contribution in [0.4, 0.5) is 4.79 Å². The first kappa shape index (κ1) is 8.37. The van der Waals surface area contributed by atoms with E-state index in [0.717, 1.165) is 0 Å². The molecule has 4 heteroatoms. The maximum absolute atomic E-state index is 10.2. The van der Waals surface area contributed by atoms with Gasteiger partial charge in [0.05, 0.1) is 0 Å². The molecule has 58 valence electrons. The summed E-state index contributed by atoms with van der Waals surface area (Å²) in [5.74, 6) is 0.345. The molecule has 0 aliphatic rings. The minimum atomic E-state index is -0.868. The normalized spacial score (nSPS) is 9.27. The van der Waals surface area contributed by atoms with Crippen LogP contribution in [0.15, 0.2) is 24.3 Å². The molecule has 0 radical (unpaired) electrons. The molecular formula is C7H4Cl2O2. The number of hydrogen-bond acceptors (Lipinski definition) is 2. The molecule has 0 aliphatic heterocycles. The van der Waals surface area contributed by atoms with E-state index < -0.39 is 5.43 Å². The summed E-state index contributed by atoms with van der Waals surface area (Å²) in [5, 5.41) is 0.500. The highest BCUT2D eigenvalue weighted by atomic mass is 35.5. The number of hydrogen-bond donors (Lipinski definition) is 0. The standard InChI is InChI=1S/C7H4Cl2O2/c8-5-2-1-3-6(4-5)11-7(9)10/h1-4H. The van der Waals surface area contributed by atoms with E-state index in [-0.39, 0.29) is 0 Å². The Kier molecular flexibility index (Phi) is 2.74. The summed E-state index contributed by atoms with van der Waals surface area (Å²) in [6.45, 7) is 0. The van der Waals surface area contributed by atoms with Gasteiger partial charge in [0, 0.05) is 16.6 Å². The van der Waals surface area contributed by atoms with Gasteiger partial charge < -0.3 is 4.74 Å². The first-order chi connectivity index (χ1) is 5.18. The van der Waals surface area contributed by atoms with E-state index in [0.29, 0.717) is 10.8 Å². The first-order valence-electron chi connectivity index (χ1n) is 2.81. The molecular weight excluding hydrogens is 187 g/mol. The zero-order chi connectivity index (χ0) is 8.27. The Hall–Kier alpha value is -0.730. The maximum Gasteiger partial charge on any atom is 0.409 e. The molecule has 1 aromatic carbocycles. The minimum Gasteiger partial charge on any atom is -0.414 e. The van der Waals surface area contributed by atoms with E-state index in [2.05, 4.69) is 4.74 Å². The first-order valence-corrected chi connectivity index (χ1v) is 3.57. The van der Waals surface area contributed by atoms with Crippen molar-refractivity contribution >= 4 is 28.6 Å². The van der Waals surface area contributed by atoms with Crippen molar-refractivity contribution in [3.05, 3.63) is 29.3 Å². The monoisotopic (exact) mass is 190 g/mol. The largest absolute Gasteiger partial charge is 0.414 e. The lowest BCUT2D eigenvalue weighted by atomic mass is 10.3. The fourth-order valence-corrected chi connectivity index (χ4v) is 0.893. The Morgan fingerprint density at radius 2 is 2.18 bits per heavy atom. The van der Waals surface area contributed by atoms with Gasteiger partial charge in [-0.05, 0) is 18.2 Å². The van der Waals surface area contributed by atoms with Crippen LogP contribution in [0.3, 0.4) is 0 Å². The van der Waals surface area contributed by atoms with Crippen LogP contribution in [0, 0.1) is 0 Å². The molecule has 0 atom stereocenters. The minimum absolute atomic E-state index is 0.345. The summed E-state index contributed by atoms with van der Waals surface area (Å²) in [7, 11) is 0. The van der Waals surface area contributed by atoms with E-state index in [1.54, 1.807) is 18.2 Å². The lowest BCUT2D eigenvalue weighted by Crippen LogP contribution is -1.95. The van der Waals surface area contributed by atoms with Gasteiger partial charge in [-0.2, -0.15) is 0 Å². The number of rotatable bonds is 1. The summed E-state index contributed by atoms with van der Waals surface area (Å²) in [6, 6.07) is 6.43. The number of carbonyl (C=O) groups excluding carboxylic acids is 1. The predicted octanol–water partition coefficient (Wildman–Crippen LogP) is 3.08.